The van der Waals surface area contributed by atoms with Gasteiger partial charge in [-0.1, -0.05) is 30.0 Å². The Hall–Kier alpha value is -1.67. The van der Waals surface area contributed by atoms with Crippen LogP contribution in [0.15, 0.2) is 40.8 Å². The van der Waals surface area contributed by atoms with Gasteiger partial charge in [0.1, 0.15) is 17.7 Å². The second kappa shape index (κ2) is 6.40. The van der Waals surface area contributed by atoms with Crippen molar-refractivity contribution in [3.8, 4) is 29.3 Å². The summed E-state index contributed by atoms with van der Waals surface area (Å²) in [4.78, 5) is 4.20. The first-order chi connectivity index (χ1) is 9.72. The van der Waals surface area contributed by atoms with Gasteiger partial charge in [0.25, 0.3) is 0 Å². The van der Waals surface area contributed by atoms with Gasteiger partial charge < -0.3 is 9.52 Å². The number of hydrogen-bond donors (Lipinski definition) is 0. The fraction of sp³-hybridized carbons (Fsp3) is 0. The smallest absolute Gasteiger partial charge is 0.872 e. The molecule has 6 heteroatoms. The quantitative estimate of drug-likeness (QED) is 0.554. The maximum atomic E-state index is 11.7. The Balaban J connectivity index is 0.00000161. The molecule has 94 valence electrons. The summed E-state index contributed by atoms with van der Waals surface area (Å²) in [6.45, 7) is 0. The predicted octanol–water partition coefficient (Wildman–Crippen LogP) is -0.684. The molecule has 1 aromatic heterocycles. The average molecular weight is 299 g/mol. The average Bonchev–Trinajstić information content (AvgIpc) is 2.88. The number of oxazole rings is 1. The Bertz CT molecular complexity index is 852. The van der Waals surface area contributed by atoms with Crippen LogP contribution in [0.2, 0.25) is 0 Å². The Morgan fingerprint density at radius 1 is 1.05 bits per heavy atom. The van der Waals surface area contributed by atoms with Crippen molar-refractivity contribution in [3.05, 3.63) is 47.5 Å². The molecule has 0 saturated carbocycles. The molecule has 3 aromatic rings. The van der Waals surface area contributed by atoms with Gasteiger partial charge in [-0.3, -0.25) is 0 Å². The first-order valence-corrected chi connectivity index (χ1v) is 5.74. The Morgan fingerprint density at radius 3 is 2.38 bits per heavy atom. The number of benzene rings is 2. The van der Waals surface area contributed by atoms with Gasteiger partial charge in [-0.2, -0.15) is 10.5 Å². The van der Waals surface area contributed by atoms with E-state index in [4.69, 9.17) is 14.9 Å². The van der Waals surface area contributed by atoms with Crippen molar-refractivity contribution in [1.29, 1.82) is 10.5 Å². The first kappa shape index (κ1) is 15.7. The minimum absolute atomic E-state index is 0. The molecule has 0 aliphatic carbocycles. The standard InChI is InChI=1S/C15H7N3O2.K/c16-7-9-5-12-14(6-10(9)8-17)20-15(18-12)11-3-1-2-4-13(11)19;/h1-6,19H;/q;+1/p-1. The summed E-state index contributed by atoms with van der Waals surface area (Å²) in [6, 6.07) is 13.2. The van der Waals surface area contributed by atoms with Crippen molar-refractivity contribution in [2.24, 2.45) is 0 Å². The van der Waals surface area contributed by atoms with Crippen LogP contribution in [-0.4, -0.2) is 4.98 Å². The SMILES string of the molecule is N#Cc1cc2nc(-c3ccccc3[O-])oc2cc1C#N.[K+]. The predicted molar refractivity (Wildman–Crippen MR) is 68.3 cm³/mol. The maximum Gasteiger partial charge on any atom is 1.00 e. The zero-order chi connectivity index (χ0) is 14.1. The van der Waals surface area contributed by atoms with Gasteiger partial charge in [0.05, 0.1) is 11.1 Å². The van der Waals surface area contributed by atoms with Crippen molar-refractivity contribution < 1.29 is 60.9 Å². The summed E-state index contributed by atoms with van der Waals surface area (Å²) >= 11 is 0. The summed E-state index contributed by atoms with van der Waals surface area (Å²) in [7, 11) is 0. The Kier molecular flexibility index (Phi) is 4.79. The third-order valence-corrected chi connectivity index (χ3v) is 2.89. The molecule has 0 atom stereocenters. The molecule has 0 radical (unpaired) electrons. The van der Waals surface area contributed by atoms with Crippen molar-refractivity contribution in [2.75, 3.05) is 0 Å². The summed E-state index contributed by atoms with van der Waals surface area (Å²) in [6.07, 6.45) is 0. The summed E-state index contributed by atoms with van der Waals surface area (Å²) < 4.78 is 5.51. The normalized spacial score (nSPS) is 9.62. The fourth-order valence-corrected chi connectivity index (χ4v) is 1.92. The topological polar surface area (TPSA) is 96.7 Å². The van der Waals surface area contributed by atoms with E-state index < -0.39 is 0 Å². The van der Waals surface area contributed by atoms with Crippen molar-refractivity contribution in [2.45, 2.75) is 0 Å². The van der Waals surface area contributed by atoms with Gasteiger partial charge in [-0.25, -0.2) is 4.98 Å². The summed E-state index contributed by atoms with van der Waals surface area (Å²) in [5.41, 5.74) is 1.62. The largest absolute Gasteiger partial charge is 1.00 e. The number of nitriles is 2. The van der Waals surface area contributed by atoms with Gasteiger partial charge in [-0.05, 0) is 6.07 Å². The van der Waals surface area contributed by atoms with Crippen LogP contribution in [0.3, 0.4) is 0 Å². The van der Waals surface area contributed by atoms with Crippen LogP contribution in [0, 0.1) is 22.7 Å². The molecule has 5 nitrogen and oxygen atoms in total. The molecule has 0 bridgehead atoms. The van der Waals surface area contributed by atoms with Gasteiger partial charge in [-0.15, -0.1) is 0 Å². The number of hydrogen-bond acceptors (Lipinski definition) is 5. The van der Waals surface area contributed by atoms with Gasteiger partial charge in [0.2, 0.25) is 5.89 Å². The molecular weight excluding hydrogens is 293 g/mol. The van der Waals surface area contributed by atoms with Crippen molar-refractivity contribution >= 4 is 11.1 Å². The van der Waals surface area contributed by atoms with E-state index >= 15 is 0 Å². The number of fused-ring (bicyclic) bond motifs is 1. The van der Waals surface area contributed by atoms with E-state index in [1.165, 1.54) is 18.2 Å². The maximum absolute atomic E-state index is 11.7. The van der Waals surface area contributed by atoms with Gasteiger partial charge >= 0.3 is 51.4 Å². The number of aromatic nitrogens is 1. The monoisotopic (exact) mass is 299 g/mol. The van der Waals surface area contributed by atoms with Crippen LogP contribution >= 0.6 is 0 Å². The molecule has 1 heterocycles. The molecule has 0 N–H and O–H groups in total. The van der Waals surface area contributed by atoms with Crippen LogP contribution in [-0.2, 0) is 0 Å². The zero-order valence-electron chi connectivity index (χ0n) is 11.1. The van der Waals surface area contributed by atoms with E-state index in [1.54, 1.807) is 18.2 Å². The fourth-order valence-electron chi connectivity index (χ4n) is 1.92. The summed E-state index contributed by atoms with van der Waals surface area (Å²) in [5.74, 6) is -0.00958. The molecule has 0 spiro atoms. The van der Waals surface area contributed by atoms with E-state index in [2.05, 4.69) is 4.98 Å². The third kappa shape index (κ3) is 2.86. The van der Waals surface area contributed by atoms with Crippen molar-refractivity contribution in [1.82, 2.24) is 4.98 Å². The molecule has 3 rings (SSSR count). The minimum atomic E-state index is -0.194. The second-order valence-corrected chi connectivity index (χ2v) is 4.10. The summed E-state index contributed by atoms with van der Waals surface area (Å²) in [5, 5.41) is 29.7. The van der Waals surface area contributed by atoms with Gasteiger partial charge in [0, 0.05) is 11.6 Å². The molecule has 0 fully saturated rings. The molecule has 0 unspecified atom stereocenters. The van der Waals surface area contributed by atoms with Crippen LogP contribution in [0.25, 0.3) is 22.6 Å². The second-order valence-electron chi connectivity index (χ2n) is 4.10. The molecule has 0 saturated heterocycles. The number of rotatable bonds is 1. The molecule has 0 amide bonds. The minimum Gasteiger partial charge on any atom is -0.872 e. The van der Waals surface area contributed by atoms with E-state index in [0.29, 0.717) is 16.7 Å². The molecule has 0 aliphatic heterocycles. The Morgan fingerprint density at radius 2 is 1.71 bits per heavy atom. The third-order valence-electron chi connectivity index (χ3n) is 2.89. The number of para-hydroxylation sites is 1. The zero-order valence-corrected chi connectivity index (χ0v) is 14.2. The van der Waals surface area contributed by atoms with E-state index in [-0.39, 0.29) is 74.2 Å². The van der Waals surface area contributed by atoms with Crippen LogP contribution in [0.4, 0.5) is 0 Å². The number of nitrogens with zero attached hydrogens (tertiary/aromatic N) is 3. The molecular formula is C15H6KN3O2. The van der Waals surface area contributed by atoms with Crippen LogP contribution in [0.1, 0.15) is 11.1 Å². The van der Waals surface area contributed by atoms with Crippen LogP contribution < -0.4 is 56.5 Å². The molecule has 0 aliphatic rings. The van der Waals surface area contributed by atoms with Crippen LogP contribution in [0.5, 0.6) is 5.75 Å². The molecule has 21 heavy (non-hydrogen) atoms. The van der Waals surface area contributed by atoms with Gasteiger partial charge in [0.15, 0.2) is 5.58 Å². The van der Waals surface area contributed by atoms with E-state index in [1.807, 2.05) is 12.1 Å². The molecule has 2 aromatic carbocycles. The van der Waals surface area contributed by atoms with E-state index in [0.717, 1.165) is 0 Å². The Labute approximate surface area is 162 Å². The van der Waals surface area contributed by atoms with Crippen molar-refractivity contribution in [3.63, 3.8) is 0 Å². The van der Waals surface area contributed by atoms with E-state index in [9.17, 15) is 5.11 Å². The first-order valence-electron chi connectivity index (χ1n) is 5.74.